The standard InChI is InChI=1S/C26H28N4O2/c1-31-21-11-7-18(8-12-21)16-27-25-23-15-24(19-9-13-22(32-2)14-10-19)30(20-5-3-4-6-20)26(23)29-17-28-25/h7-15,17,20H,3-6,16H2,1-2H3,(H,27,28,29). The summed E-state index contributed by atoms with van der Waals surface area (Å²) in [6.45, 7) is 0.683. The molecule has 4 aromatic rings. The molecular weight excluding hydrogens is 400 g/mol. The molecule has 164 valence electrons. The van der Waals surface area contributed by atoms with E-state index in [0.29, 0.717) is 12.6 Å². The summed E-state index contributed by atoms with van der Waals surface area (Å²) in [7, 11) is 3.38. The lowest BCUT2D eigenvalue weighted by Gasteiger charge is -2.17. The van der Waals surface area contributed by atoms with Crippen LogP contribution in [0.2, 0.25) is 0 Å². The number of benzene rings is 2. The summed E-state index contributed by atoms with van der Waals surface area (Å²) in [5.74, 6) is 2.58. The number of aromatic nitrogens is 3. The van der Waals surface area contributed by atoms with Gasteiger partial charge in [0, 0.05) is 12.6 Å². The third kappa shape index (κ3) is 3.88. The first-order valence-corrected chi connectivity index (χ1v) is 11.1. The second-order valence-corrected chi connectivity index (χ2v) is 8.23. The van der Waals surface area contributed by atoms with Crippen LogP contribution in [0.15, 0.2) is 60.9 Å². The molecule has 0 atom stereocenters. The van der Waals surface area contributed by atoms with Crippen LogP contribution < -0.4 is 14.8 Å². The van der Waals surface area contributed by atoms with Gasteiger partial charge in [-0.2, -0.15) is 0 Å². The summed E-state index contributed by atoms with van der Waals surface area (Å²) in [6.07, 6.45) is 6.57. The van der Waals surface area contributed by atoms with E-state index in [-0.39, 0.29) is 0 Å². The zero-order chi connectivity index (χ0) is 21.9. The lowest BCUT2D eigenvalue weighted by atomic mass is 10.1. The van der Waals surface area contributed by atoms with Crippen molar-refractivity contribution in [2.45, 2.75) is 38.3 Å². The van der Waals surface area contributed by atoms with Crippen LogP contribution in [-0.2, 0) is 6.54 Å². The first kappa shape index (κ1) is 20.4. The van der Waals surface area contributed by atoms with Crippen molar-refractivity contribution in [3.05, 3.63) is 66.5 Å². The highest BCUT2D eigenvalue weighted by molar-refractivity contribution is 5.92. The van der Waals surface area contributed by atoms with Crippen molar-refractivity contribution in [3.63, 3.8) is 0 Å². The van der Waals surface area contributed by atoms with E-state index in [1.807, 2.05) is 24.3 Å². The minimum Gasteiger partial charge on any atom is -0.497 e. The van der Waals surface area contributed by atoms with Crippen LogP contribution in [-0.4, -0.2) is 28.8 Å². The molecule has 5 rings (SSSR count). The van der Waals surface area contributed by atoms with Crippen molar-refractivity contribution in [2.75, 3.05) is 19.5 Å². The molecule has 1 saturated carbocycles. The van der Waals surface area contributed by atoms with Crippen LogP contribution in [0, 0.1) is 0 Å². The van der Waals surface area contributed by atoms with Gasteiger partial charge in [0.25, 0.3) is 0 Å². The predicted octanol–water partition coefficient (Wildman–Crippen LogP) is 5.84. The molecule has 0 spiro atoms. The number of nitrogens with zero attached hydrogens (tertiary/aromatic N) is 3. The van der Waals surface area contributed by atoms with Crippen LogP contribution in [0.5, 0.6) is 11.5 Å². The average molecular weight is 429 g/mol. The third-order valence-corrected chi connectivity index (χ3v) is 6.33. The number of ether oxygens (including phenoxy) is 2. The molecule has 0 unspecified atom stereocenters. The zero-order valence-electron chi connectivity index (χ0n) is 18.5. The molecule has 6 heteroatoms. The van der Waals surface area contributed by atoms with Crippen molar-refractivity contribution in [2.24, 2.45) is 0 Å². The fraction of sp³-hybridized carbons (Fsp3) is 0.308. The van der Waals surface area contributed by atoms with Crippen LogP contribution in [0.4, 0.5) is 5.82 Å². The van der Waals surface area contributed by atoms with Gasteiger partial charge in [-0.1, -0.05) is 25.0 Å². The number of nitrogens with one attached hydrogen (secondary N) is 1. The van der Waals surface area contributed by atoms with E-state index in [1.54, 1.807) is 20.5 Å². The highest BCUT2D eigenvalue weighted by atomic mass is 16.5. The summed E-state index contributed by atoms with van der Waals surface area (Å²) in [4.78, 5) is 9.29. The zero-order valence-corrected chi connectivity index (χ0v) is 18.5. The monoisotopic (exact) mass is 428 g/mol. The molecule has 2 aromatic heterocycles. The number of rotatable bonds is 7. The van der Waals surface area contributed by atoms with E-state index in [9.17, 15) is 0 Å². The predicted molar refractivity (Wildman–Crippen MR) is 127 cm³/mol. The quantitative estimate of drug-likeness (QED) is 0.400. The van der Waals surface area contributed by atoms with Crippen molar-refractivity contribution in [1.29, 1.82) is 0 Å². The first-order valence-electron chi connectivity index (χ1n) is 11.1. The molecule has 0 saturated heterocycles. The van der Waals surface area contributed by atoms with E-state index in [0.717, 1.165) is 33.9 Å². The van der Waals surface area contributed by atoms with Crippen LogP contribution in [0.25, 0.3) is 22.3 Å². The summed E-state index contributed by atoms with van der Waals surface area (Å²) in [6, 6.07) is 19.1. The summed E-state index contributed by atoms with van der Waals surface area (Å²) < 4.78 is 13.0. The Balaban J connectivity index is 1.53. The maximum atomic E-state index is 5.35. The maximum absolute atomic E-state index is 5.35. The van der Waals surface area contributed by atoms with Gasteiger partial charge in [-0.3, -0.25) is 0 Å². The van der Waals surface area contributed by atoms with Gasteiger partial charge in [0.15, 0.2) is 0 Å². The van der Waals surface area contributed by atoms with Gasteiger partial charge in [0.2, 0.25) is 0 Å². The maximum Gasteiger partial charge on any atom is 0.146 e. The number of anilines is 1. The Morgan fingerprint density at radius 3 is 2.22 bits per heavy atom. The van der Waals surface area contributed by atoms with Crippen molar-refractivity contribution in [1.82, 2.24) is 14.5 Å². The highest BCUT2D eigenvalue weighted by Crippen LogP contribution is 2.39. The fourth-order valence-electron chi connectivity index (χ4n) is 4.62. The number of fused-ring (bicyclic) bond motifs is 1. The minimum atomic E-state index is 0.467. The van der Waals surface area contributed by atoms with E-state index in [1.165, 1.54) is 36.9 Å². The number of methoxy groups -OCH3 is 2. The Labute approximate surface area is 188 Å². The highest BCUT2D eigenvalue weighted by Gasteiger charge is 2.24. The van der Waals surface area contributed by atoms with Crippen LogP contribution in [0.3, 0.4) is 0 Å². The molecule has 2 heterocycles. The van der Waals surface area contributed by atoms with Gasteiger partial charge in [0.1, 0.15) is 29.3 Å². The smallest absolute Gasteiger partial charge is 0.146 e. The number of hydrogen-bond donors (Lipinski definition) is 1. The molecule has 2 aromatic carbocycles. The van der Waals surface area contributed by atoms with E-state index < -0.39 is 0 Å². The molecule has 0 amide bonds. The van der Waals surface area contributed by atoms with E-state index in [4.69, 9.17) is 14.5 Å². The van der Waals surface area contributed by atoms with Gasteiger partial charge in [0.05, 0.1) is 25.3 Å². The Kier molecular flexibility index (Phi) is 5.67. The molecule has 1 aliphatic carbocycles. The van der Waals surface area contributed by atoms with E-state index in [2.05, 4.69) is 45.2 Å². The van der Waals surface area contributed by atoms with Gasteiger partial charge in [-0.25, -0.2) is 9.97 Å². The second kappa shape index (κ2) is 8.91. The molecular formula is C26H28N4O2. The topological polar surface area (TPSA) is 61.2 Å². The Bertz CT molecular complexity index is 1190. The van der Waals surface area contributed by atoms with Crippen molar-refractivity contribution >= 4 is 16.9 Å². The molecule has 0 aliphatic heterocycles. The average Bonchev–Trinajstić information content (AvgIpc) is 3.51. The molecule has 0 radical (unpaired) electrons. The molecule has 1 aliphatic rings. The van der Waals surface area contributed by atoms with Crippen LogP contribution in [0.1, 0.15) is 37.3 Å². The van der Waals surface area contributed by atoms with Gasteiger partial charge < -0.3 is 19.4 Å². The Hall–Kier alpha value is -3.54. The van der Waals surface area contributed by atoms with Gasteiger partial charge >= 0.3 is 0 Å². The SMILES string of the molecule is COc1ccc(CNc2ncnc3c2cc(-c2ccc(OC)cc2)n3C2CCCC2)cc1. The summed E-state index contributed by atoms with van der Waals surface area (Å²) in [5, 5.41) is 4.57. The molecule has 1 N–H and O–H groups in total. The second-order valence-electron chi connectivity index (χ2n) is 8.23. The lowest BCUT2D eigenvalue weighted by Crippen LogP contribution is -2.08. The van der Waals surface area contributed by atoms with Crippen molar-refractivity contribution in [3.8, 4) is 22.8 Å². The molecule has 0 bridgehead atoms. The Morgan fingerprint density at radius 2 is 1.56 bits per heavy atom. The van der Waals surface area contributed by atoms with E-state index >= 15 is 0 Å². The first-order chi connectivity index (χ1) is 15.8. The van der Waals surface area contributed by atoms with Gasteiger partial charge in [-0.05, 0) is 66.4 Å². The molecule has 1 fully saturated rings. The lowest BCUT2D eigenvalue weighted by molar-refractivity contribution is 0.414. The minimum absolute atomic E-state index is 0.467. The normalized spacial score (nSPS) is 14.1. The molecule has 32 heavy (non-hydrogen) atoms. The Morgan fingerprint density at radius 1 is 0.906 bits per heavy atom. The van der Waals surface area contributed by atoms with Crippen molar-refractivity contribution < 1.29 is 9.47 Å². The summed E-state index contributed by atoms with van der Waals surface area (Å²) in [5.41, 5.74) is 4.51. The van der Waals surface area contributed by atoms with Crippen LogP contribution >= 0.6 is 0 Å². The third-order valence-electron chi connectivity index (χ3n) is 6.33. The molecule has 6 nitrogen and oxygen atoms in total. The van der Waals surface area contributed by atoms with Gasteiger partial charge in [-0.15, -0.1) is 0 Å². The number of hydrogen-bond acceptors (Lipinski definition) is 5. The fourth-order valence-corrected chi connectivity index (χ4v) is 4.62. The summed E-state index contributed by atoms with van der Waals surface area (Å²) >= 11 is 0. The largest absolute Gasteiger partial charge is 0.497 e.